The number of hydrogen-bond donors (Lipinski definition) is 1. The summed E-state index contributed by atoms with van der Waals surface area (Å²) < 4.78 is 9.84. The van der Waals surface area contributed by atoms with Crippen LogP contribution in [0.5, 0.6) is 5.75 Å². The lowest BCUT2D eigenvalue weighted by Gasteiger charge is -2.12. The first-order chi connectivity index (χ1) is 7.13. The number of ether oxygens (including phenoxy) is 2. The average molecular weight is 209 g/mol. The smallest absolute Gasteiger partial charge is 0.341 e. The van der Waals surface area contributed by atoms with Crippen molar-refractivity contribution in [1.82, 2.24) is 0 Å². The molecule has 0 aliphatic heterocycles. The van der Waals surface area contributed by atoms with Crippen molar-refractivity contribution in [2.24, 2.45) is 5.73 Å². The molecular formula is C11H15NO3. The zero-order valence-electron chi connectivity index (χ0n) is 9.16. The highest BCUT2D eigenvalue weighted by molar-refractivity contribution is 5.93. The molecule has 0 aliphatic carbocycles. The van der Waals surface area contributed by atoms with E-state index in [0.717, 1.165) is 11.1 Å². The van der Waals surface area contributed by atoms with Crippen LogP contribution < -0.4 is 10.5 Å². The number of nitrogens with two attached hydrogens (primary N) is 1. The molecule has 4 heteroatoms. The molecule has 1 rings (SSSR count). The van der Waals surface area contributed by atoms with E-state index in [4.69, 9.17) is 10.5 Å². The Balaban J connectivity index is 3.35. The topological polar surface area (TPSA) is 61.5 Å². The summed E-state index contributed by atoms with van der Waals surface area (Å²) in [7, 11) is 2.85. The molecule has 0 amide bonds. The Morgan fingerprint density at radius 1 is 1.40 bits per heavy atom. The first-order valence-corrected chi connectivity index (χ1v) is 4.60. The Morgan fingerprint density at radius 2 is 2.07 bits per heavy atom. The maximum Gasteiger partial charge on any atom is 0.341 e. The van der Waals surface area contributed by atoms with E-state index in [0.29, 0.717) is 17.9 Å². The molecule has 1 aromatic carbocycles. The molecule has 0 fully saturated rings. The first-order valence-electron chi connectivity index (χ1n) is 4.60. The third kappa shape index (κ3) is 2.27. The number of aryl methyl sites for hydroxylation is 1. The van der Waals surface area contributed by atoms with E-state index >= 15 is 0 Å². The van der Waals surface area contributed by atoms with E-state index in [9.17, 15) is 4.79 Å². The third-order valence-electron chi connectivity index (χ3n) is 2.14. The molecule has 0 heterocycles. The van der Waals surface area contributed by atoms with Gasteiger partial charge in [-0.2, -0.15) is 0 Å². The average Bonchev–Trinajstić information content (AvgIpc) is 2.26. The van der Waals surface area contributed by atoms with Gasteiger partial charge in [0, 0.05) is 12.1 Å². The standard InChI is InChI=1S/C11H15NO3/c1-7-4-8(6-12)10(14-2)9(5-7)11(13)15-3/h4-5H,6,12H2,1-3H3. The van der Waals surface area contributed by atoms with Gasteiger partial charge in [-0.1, -0.05) is 6.07 Å². The Labute approximate surface area is 89.0 Å². The molecule has 82 valence electrons. The third-order valence-corrected chi connectivity index (χ3v) is 2.14. The monoisotopic (exact) mass is 209 g/mol. The minimum absolute atomic E-state index is 0.328. The van der Waals surface area contributed by atoms with E-state index in [1.54, 1.807) is 6.07 Å². The molecule has 2 N–H and O–H groups in total. The van der Waals surface area contributed by atoms with Gasteiger partial charge in [-0.3, -0.25) is 0 Å². The number of rotatable bonds is 3. The van der Waals surface area contributed by atoms with Crippen LogP contribution in [-0.2, 0) is 11.3 Å². The van der Waals surface area contributed by atoms with E-state index in [2.05, 4.69) is 4.74 Å². The van der Waals surface area contributed by atoms with Gasteiger partial charge in [-0.05, 0) is 18.6 Å². The number of benzene rings is 1. The summed E-state index contributed by atoms with van der Waals surface area (Å²) in [5.41, 5.74) is 7.75. The van der Waals surface area contributed by atoms with E-state index < -0.39 is 5.97 Å². The largest absolute Gasteiger partial charge is 0.496 e. The minimum atomic E-state index is -0.412. The van der Waals surface area contributed by atoms with Gasteiger partial charge in [-0.25, -0.2) is 4.79 Å². The molecule has 0 aliphatic rings. The molecule has 15 heavy (non-hydrogen) atoms. The van der Waals surface area contributed by atoms with Crippen molar-refractivity contribution < 1.29 is 14.3 Å². The Morgan fingerprint density at radius 3 is 2.53 bits per heavy atom. The molecule has 0 unspecified atom stereocenters. The van der Waals surface area contributed by atoms with Crippen molar-refractivity contribution >= 4 is 5.97 Å². The van der Waals surface area contributed by atoms with E-state index in [1.807, 2.05) is 13.0 Å². The van der Waals surface area contributed by atoms with Crippen LogP contribution >= 0.6 is 0 Å². The maximum atomic E-state index is 11.5. The summed E-state index contributed by atoms with van der Waals surface area (Å²) in [5.74, 6) is 0.0835. The van der Waals surface area contributed by atoms with Crippen molar-refractivity contribution in [2.45, 2.75) is 13.5 Å². The van der Waals surface area contributed by atoms with Crippen molar-refractivity contribution in [3.05, 3.63) is 28.8 Å². The molecule has 0 saturated carbocycles. The van der Waals surface area contributed by atoms with Crippen LogP contribution in [0.2, 0.25) is 0 Å². The summed E-state index contributed by atoms with van der Waals surface area (Å²) >= 11 is 0. The van der Waals surface area contributed by atoms with Crippen LogP contribution in [0, 0.1) is 6.92 Å². The van der Waals surface area contributed by atoms with Crippen molar-refractivity contribution in [2.75, 3.05) is 14.2 Å². The van der Waals surface area contributed by atoms with Crippen LogP contribution in [0.3, 0.4) is 0 Å². The van der Waals surface area contributed by atoms with Crippen LogP contribution in [0.4, 0.5) is 0 Å². The molecule has 4 nitrogen and oxygen atoms in total. The van der Waals surface area contributed by atoms with Crippen LogP contribution in [0.1, 0.15) is 21.5 Å². The number of hydrogen-bond acceptors (Lipinski definition) is 4. The van der Waals surface area contributed by atoms with Crippen molar-refractivity contribution in [1.29, 1.82) is 0 Å². The summed E-state index contributed by atoms with van der Waals surface area (Å²) in [6.45, 7) is 2.22. The lowest BCUT2D eigenvalue weighted by Crippen LogP contribution is -2.09. The van der Waals surface area contributed by atoms with Crippen LogP contribution in [0.25, 0.3) is 0 Å². The molecule has 0 saturated heterocycles. The number of carbonyl (C=O) groups excluding carboxylic acids is 1. The fourth-order valence-electron chi connectivity index (χ4n) is 1.50. The lowest BCUT2D eigenvalue weighted by molar-refractivity contribution is 0.0596. The highest BCUT2D eigenvalue weighted by atomic mass is 16.5. The summed E-state index contributed by atoms with van der Waals surface area (Å²) in [6.07, 6.45) is 0. The highest BCUT2D eigenvalue weighted by Gasteiger charge is 2.16. The lowest BCUT2D eigenvalue weighted by atomic mass is 10.0. The zero-order valence-corrected chi connectivity index (χ0v) is 9.16. The Kier molecular flexibility index (Phi) is 3.68. The summed E-state index contributed by atoms with van der Waals surface area (Å²) in [4.78, 5) is 11.5. The van der Waals surface area contributed by atoms with Gasteiger partial charge in [0.1, 0.15) is 11.3 Å². The van der Waals surface area contributed by atoms with Gasteiger partial charge in [-0.15, -0.1) is 0 Å². The molecule has 1 aromatic rings. The van der Waals surface area contributed by atoms with E-state index in [-0.39, 0.29) is 0 Å². The van der Waals surface area contributed by atoms with E-state index in [1.165, 1.54) is 14.2 Å². The second-order valence-electron chi connectivity index (χ2n) is 3.20. The maximum absolute atomic E-state index is 11.5. The SMILES string of the molecule is COC(=O)c1cc(C)cc(CN)c1OC. The van der Waals surface area contributed by atoms with Gasteiger partial charge in [0.25, 0.3) is 0 Å². The Hall–Kier alpha value is -1.55. The summed E-state index contributed by atoms with van der Waals surface area (Å²) in [5, 5.41) is 0. The minimum Gasteiger partial charge on any atom is -0.496 e. The number of carbonyl (C=O) groups is 1. The molecule has 0 radical (unpaired) electrons. The highest BCUT2D eigenvalue weighted by Crippen LogP contribution is 2.26. The fourth-order valence-corrected chi connectivity index (χ4v) is 1.50. The van der Waals surface area contributed by atoms with Gasteiger partial charge in [0.15, 0.2) is 0 Å². The predicted octanol–water partition coefficient (Wildman–Crippen LogP) is 1.25. The quantitative estimate of drug-likeness (QED) is 0.761. The predicted molar refractivity (Wildman–Crippen MR) is 57.0 cm³/mol. The Bertz CT molecular complexity index is 374. The molecule has 0 bridgehead atoms. The first kappa shape index (κ1) is 11.5. The molecule has 0 atom stereocenters. The fraction of sp³-hybridized carbons (Fsp3) is 0.364. The second-order valence-corrected chi connectivity index (χ2v) is 3.20. The van der Waals surface area contributed by atoms with Crippen LogP contribution in [-0.4, -0.2) is 20.2 Å². The normalized spacial score (nSPS) is 9.87. The van der Waals surface area contributed by atoms with Gasteiger partial charge < -0.3 is 15.2 Å². The van der Waals surface area contributed by atoms with Gasteiger partial charge in [0.2, 0.25) is 0 Å². The molecule has 0 spiro atoms. The zero-order chi connectivity index (χ0) is 11.4. The van der Waals surface area contributed by atoms with Crippen molar-refractivity contribution in [3.8, 4) is 5.75 Å². The van der Waals surface area contributed by atoms with Crippen LogP contribution in [0.15, 0.2) is 12.1 Å². The number of methoxy groups -OCH3 is 2. The van der Waals surface area contributed by atoms with Crippen molar-refractivity contribution in [3.63, 3.8) is 0 Å². The van der Waals surface area contributed by atoms with Gasteiger partial charge >= 0.3 is 5.97 Å². The molecular weight excluding hydrogens is 194 g/mol. The molecule has 0 aromatic heterocycles. The van der Waals surface area contributed by atoms with Gasteiger partial charge in [0.05, 0.1) is 14.2 Å². The second kappa shape index (κ2) is 4.79. The number of esters is 1. The summed E-state index contributed by atoms with van der Waals surface area (Å²) in [6, 6.07) is 3.62.